The summed E-state index contributed by atoms with van der Waals surface area (Å²) in [4.78, 5) is 0. The van der Waals surface area contributed by atoms with Crippen molar-refractivity contribution in [2.45, 2.75) is 32.2 Å². The van der Waals surface area contributed by atoms with E-state index in [2.05, 4.69) is 17.1 Å². The SMILES string of the molecule is Cc1c(C2CCOCC2)n[nH]c1CN. The van der Waals surface area contributed by atoms with Gasteiger partial charge in [-0.3, -0.25) is 5.10 Å². The van der Waals surface area contributed by atoms with Gasteiger partial charge in [-0.05, 0) is 25.3 Å². The van der Waals surface area contributed by atoms with Crippen LogP contribution in [0.5, 0.6) is 0 Å². The summed E-state index contributed by atoms with van der Waals surface area (Å²) in [7, 11) is 0. The van der Waals surface area contributed by atoms with Crippen molar-refractivity contribution < 1.29 is 4.74 Å². The molecule has 0 unspecified atom stereocenters. The predicted octanol–water partition coefficient (Wildman–Crippen LogP) is 1.07. The first-order valence-electron chi connectivity index (χ1n) is 5.14. The van der Waals surface area contributed by atoms with Gasteiger partial charge in [-0.25, -0.2) is 0 Å². The lowest BCUT2D eigenvalue weighted by Crippen LogP contribution is -2.15. The van der Waals surface area contributed by atoms with E-state index in [1.54, 1.807) is 0 Å². The molecule has 4 nitrogen and oxygen atoms in total. The number of nitrogens with two attached hydrogens (primary N) is 1. The Balaban J connectivity index is 2.18. The van der Waals surface area contributed by atoms with Crippen molar-refractivity contribution in [2.24, 2.45) is 5.73 Å². The summed E-state index contributed by atoms with van der Waals surface area (Å²) in [5.74, 6) is 0.556. The van der Waals surface area contributed by atoms with Gasteiger partial charge in [0.15, 0.2) is 0 Å². The minimum absolute atomic E-state index is 0.544. The fraction of sp³-hybridized carbons (Fsp3) is 0.700. The molecule has 78 valence electrons. The molecular formula is C10H17N3O. The Morgan fingerprint density at radius 1 is 1.50 bits per heavy atom. The summed E-state index contributed by atoms with van der Waals surface area (Å²) in [5.41, 5.74) is 9.08. The standard InChI is InChI=1S/C10H17N3O/c1-7-9(6-11)12-13-10(7)8-2-4-14-5-3-8/h8H,2-6,11H2,1H3,(H,12,13). The molecule has 0 aromatic carbocycles. The maximum atomic E-state index is 5.60. The molecule has 1 aliphatic rings. The molecule has 0 amide bonds. The summed E-state index contributed by atoms with van der Waals surface area (Å²) in [6, 6.07) is 0. The number of ether oxygens (including phenoxy) is 1. The van der Waals surface area contributed by atoms with Gasteiger partial charge >= 0.3 is 0 Å². The number of hydrogen-bond acceptors (Lipinski definition) is 3. The number of H-pyrrole nitrogens is 1. The molecule has 0 spiro atoms. The molecule has 0 saturated carbocycles. The third-order valence-electron chi connectivity index (χ3n) is 2.96. The Labute approximate surface area is 83.8 Å². The van der Waals surface area contributed by atoms with Gasteiger partial charge in [0, 0.05) is 25.7 Å². The highest BCUT2D eigenvalue weighted by molar-refractivity contribution is 5.26. The molecule has 1 aromatic rings. The zero-order chi connectivity index (χ0) is 9.97. The van der Waals surface area contributed by atoms with Crippen molar-refractivity contribution >= 4 is 0 Å². The number of nitrogens with zero attached hydrogens (tertiary/aromatic N) is 1. The van der Waals surface area contributed by atoms with Crippen molar-refractivity contribution in [3.05, 3.63) is 17.0 Å². The van der Waals surface area contributed by atoms with Crippen LogP contribution >= 0.6 is 0 Å². The molecule has 0 aliphatic carbocycles. The normalized spacial score (nSPS) is 18.7. The van der Waals surface area contributed by atoms with Crippen molar-refractivity contribution in [1.29, 1.82) is 0 Å². The summed E-state index contributed by atoms with van der Waals surface area (Å²) in [6.07, 6.45) is 2.16. The van der Waals surface area contributed by atoms with E-state index in [0.717, 1.165) is 31.7 Å². The lowest BCUT2D eigenvalue weighted by atomic mass is 9.93. The van der Waals surface area contributed by atoms with Crippen LogP contribution in [0.4, 0.5) is 0 Å². The Morgan fingerprint density at radius 3 is 2.79 bits per heavy atom. The lowest BCUT2D eigenvalue weighted by molar-refractivity contribution is 0.0844. The lowest BCUT2D eigenvalue weighted by Gasteiger charge is -2.20. The summed E-state index contributed by atoms with van der Waals surface area (Å²) in [5, 5.41) is 7.35. The summed E-state index contributed by atoms with van der Waals surface area (Å²) in [6.45, 7) is 4.35. The van der Waals surface area contributed by atoms with Crippen molar-refractivity contribution in [1.82, 2.24) is 10.2 Å². The monoisotopic (exact) mass is 195 g/mol. The van der Waals surface area contributed by atoms with Gasteiger partial charge in [0.1, 0.15) is 0 Å². The first-order chi connectivity index (χ1) is 6.83. The molecule has 1 saturated heterocycles. The van der Waals surface area contributed by atoms with Crippen LogP contribution in [0.1, 0.15) is 35.7 Å². The molecule has 2 rings (SSSR count). The third kappa shape index (κ3) is 1.67. The Bertz CT molecular complexity index is 302. The molecule has 0 atom stereocenters. The van der Waals surface area contributed by atoms with Gasteiger partial charge in [0.05, 0.1) is 11.4 Å². The van der Waals surface area contributed by atoms with E-state index >= 15 is 0 Å². The average Bonchev–Trinajstić information content (AvgIpc) is 2.61. The minimum Gasteiger partial charge on any atom is -0.381 e. The first kappa shape index (κ1) is 9.68. The largest absolute Gasteiger partial charge is 0.381 e. The summed E-state index contributed by atoms with van der Waals surface area (Å²) < 4.78 is 5.33. The van der Waals surface area contributed by atoms with E-state index in [1.807, 2.05) is 0 Å². The number of rotatable bonds is 2. The predicted molar refractivity (Wildman–Crippen MR) is 54.0 cm³/mol. The Morgan fingerprint density at radius 2 is 2.21 bits per heavy atom. The Kier molecular flexibility index (Phi) is 2.84. The van der Waals surface area contributed by atoms with Crippen molar-refractivity contribution in [3.63, 3.8) is 0 Å². The van der Waals surface area contributed by atoms with E-state index in [0.29, 0.717) is 12.5 Å². The minimum atomic E-state index is 0.544. The van der Waals surface area contributed by atoms with Crippen LogP contribution in [0.3, 0.4) is 0 Å². The molecule has 0 radical (unpaired) electrons. The van der Waals surface area contributed by atoms with E-state index in [1.165, 1.54) is 11.3 Å². The van der Waals surface area contributed by atoms with Gasteiger partial charge in [0.2, 0.25) is 0 Å². The number of aromatic amines is 1. The van der Waals surface area contributed by atoms with Crippen LogP contribution < -0.4 is 5.73 Å². The van der Waals surface area contributed by atoms with E-state index in [-0.39, 0.29) is 0 Å². The number of hydrogen-bond donors (Lipinski definition) is 2. The van der Waals surface area contributed by atoms with Gasteiger partial charge in [-0.2, -0.15) is 5.10 Å². The van der Waals surface area contributed by atoms with Crippen LogP contribution in [-0.2, 0) is 11.3 Å². The van der Waals surface area contributed by atoms with Crippen LogP contribution in [0.2, 0.25) is 0 Å². The van der Waals surface area contributed by atoms with Crippen LogP contribution in [-0.4, -0.2) is 23.4 Å². The topological polar surface area (TPSA) is 63.9 Å². The van der Waals surface area contributed by atoms with Crippen molar-refractivity contribution in [3.8, 4) is 0 Å². The van der Waals surface area contributed by atoms with E-state index in [9.17, 15) is 0 Å². The molecule has 2 heterocycles. The molecule has 0 bridgehead atoms. The molecule has 4 heteroatoms. The first-order valence-corrected chi connectivity index (χ1v) is 5.14. The van der Waals surface area contributed by atoms with Gasteiger partial charge in [-0.15, -0.1) is 0 Å². The van der Waals surface area contributed by atoms with Gasteiger partial charge in [-0.1, -0.05) is 0 Å². The van der Waals surface area contributed by atoms with Crippen LogP contribution in [0.25, 0.3) is 0 Å². The third-order valence-corrected chi connectivity index (χ3v) is 2.96. The average molecular weight is 195 g/mol. The maximum Gasteiger partial charge on any atom is 0.0687 e. The second-order valence-corrected chi connectivity index (χ2v) is 3.80. The molecule has 1 aliphatic heterocycles. The highest BCUT2D eigenvalue weighted by Crippen LogP contribution is 2.28. The number of nitrogens with one attached hydrogen (secondary N) is 1. The molecular weight excluding hydrogens is 178 g/mol. The molecule has 14 heavy (non-hydrogen) atoms. The van der Waals surface area contributed by atoms with Crippen LogP contribution in [0, 0.1) is 6.92 Å². The molecule has 1 fully saturated rings. The quantitative estimate of drug-likeness (QED) is 0.742. The highest BCUT2D eigenvalue weighted by Gasteiger charge is 2.21. The second kappa shape index (κ2) is 4.11. The number of aromatic nitrogens is 2. The smallest absolute Gasteiger partial charge is 0.0687 e. The maximum absolute atomic E-state index is 5.60. The van der Waals surface area contributed by atoms with Gasteiger partial charge < -0.3 is 10.5 Å². The van der Waals surface area contributed by atoms with Gasteiger partial charge in [0.25, 0.3) is 0 Å². The van der Waals surface area contributed by atoms with Crippen molar-refractivity contribution in [2.75, 3.05) is 13.2 Å². The Hall–Kier alpha value is -0.870. The zero-order valence-electron chi connectivity index (χ0n) is 8.55. The van der Waals surface area contributed by atoms with E-state index < -0.39 is 0 Å². The molecule has 3 N–H and O–H groups in total. The fourth-order valence-corrected chi connectivity index (χ4v) is 2.02. The molecule has 1 aromatic heterocycles. The summed E-state index contributed by atoms with van der Waals surface area (Å²) >= 11 is 0. The van der Waals surface area contributed by atoms with Crippen LogP contribution in [0.15, 0.2) is 0 Å². The zero-order valence-corrected chi connectivity index (χ0v) is 8.55. The second-order valence-electron chi connectivity index (χ2n) is 3.80. The fourth-order valence-electron chi connectivity index (χ4n) is 2.02. The highest BCUT2D eigenvalue weighted by atomic mass is 16.5. The van der Waals surface area contributed by atoms with E-state index in [4.69, 9.17) is 10.5 Å².